The zero-order chi connectivity index (χ0) is 19.5. The molecule has 1 aliphatic rings. The molecule has 0 saturated carbocycles. The Balaban J connectivity index is 0.00000117. The molecule has 1 aliphatic heterocycles. The first-order valence-corrected chi connectivity index (χ1v) is 9.21. The van der Waals surface area contributed by atoms with Crippen molar-refractivity contribution in [3.63, 3.8) is 0 Å². The first kappa shape index (κ1) is 19.9. The Morgan fingerprint density at radius 3 is 2.54 bits per heavy atom. The van der Waals surface area contributed by atoms with Crippen LogP contribution in [0.1, 0.15) is 52.4 Å². The van der Waals surface area contributed by atoms with Gasteiger partial charge in [-0.2, -0.15) is 5.10 Å². The number of carbonyl (C=O) groups is 1. The summed E-state index contributed by atoms with van der Waals surface area (Å²) >= 11 is 0. The second-order valence-electron chi connectivity index (χ2n) is 7.20. The van der Waals surface area contributed by atoms with Crippen LogP contribution in [-0.2, 0) is 11.8 Å². The van der Waals surface area contributed by atoms with E-state index < -0.39 is 5.60 Å². The van der Waals surface area contributed by atoms with Crippen molar-refractivity contribution in [3.8, 4) is 0 Å². The van der Waals surface area contributed by atoms with Crippen molar-refractivity contribution in [2.24, 2.45) is 7.05 Å². The molecule has 0 atom stereocenters. The van der Waals surface area contributed by atoms with Gasteiger partial charge in [0.1, 0.15) is 5.60 Å². The van der Waals surface area contributed by atoms with Gasteiger partial charge in [0.2, 0.25) is 0 Å². The third-order valence-electron chi connectivity index (χ3n) is 4.11. The van der Waals surface area contributed by atoms with Gasteiger partial charge in [-0.15, -0.1) is 0 Å². The van der Waals surface area contributed by atoms with Gasteiger partial charge in [0, 0.05) is 31.7 Å². The van der Waals surface area contributed by atoms with E-state index in [1.807, 2.05) is 59.5 Å². The lowest BCUT2D eigenvalue weighted by molar-refractivity contribution is 0.0270. The molecule has 0 radical (unpaired) electrons. The van der Waals surface area contributed by atoms with Crippen LogP contribution in [0.5, 0.6) is 0 Å². The highest BCUT2D eigenvalue weighted by Gasteiger charge is 2.24. The monoisotopic (exact) mass is 358 g/mol. The Bertz CT molecular complexity index is 815. The number of carbonyl (C=O) groups excluding carboxylic acids is 1. The quantitative estimate of drug-likeness (QED) is 0.761. The summed E-state index contributed by atoms with van der Waals surface area (Å²) in [7, 11) is 1.94. The van der Waals surface area contributed by atoms with Crippen LogP contribution in [0.15, 0.2) is 18.3 Å². The number of hydrogen-bond acceptors (Lipinski definition) is 4. The molecule has 3 heterocycles. The predicted octanol–water partition coefficient (Wildman–Crippen LogP) is 4.33. The maximum atomic E-state index is 12.1. The van der Waals surface area contributed by atoms with E-state index in [0.717, 1.165) is 34.3 Å². The smallest absolute Gasteiger partial charge is 0.410 e. The van der Waals surface area contributed by atoms with Gasteiger partial charge in [-0.25, -0.2) is 4.79 Å². The van der Waals surface area contributed by atoms with Crippen LogP contribution in [0.2, 0.25) is 0 Å². The molecule has 0 spiro atoms. The van der Waals surface area contributed by atoms with Crippen LogP contribution in [0, 0.1) is 6.92 Å². The number of rotatable bonds is 1. The van der Waals surface area contributed by atoms with E-state index in [9.17, 15) is 4.79 Å². The molecule has 0 fully saturated rings. The molecule has 0 N–H and O–H groups in total. The second kappa shape index (κ2) is 7.89. The van der Waals surface area contributed by atoms with Crippen LogP contribution in [-0.4, -0.2) is 44.4 Å². The minimum atomic E-state index is -0.467. The Hall–Kier alpha value is -2.37. The number of fused-ring (bicyclic) bond motifs is 1. The molecular formula is C20H30N4O2. The van der Waals surface area contributed by atoms with E-state index in [1.165, 1.54) is 0 Å². The summed E-state index contributed by atoms with van der Waals surface area (Å²) in [6.07, 6.45) is 4.46. The lowest BCUT2D eigenvalue weighted by atomic mass is 10.0. The van der Waals surface area contributed by atoms with Crippen molar-refractivity contribution in [1.82, 2.24) is 19.7 Å². The lowest BCUT2D eigenvalue weighted by Gasteiger charge is -2.29. The standard InChI is InChI=1S/C18H24N4O2.C2H6/c1-12-14-11-19-15(10-16(14)21(5)20-12)13-6-8-22(9-7-13)17(23)24-18(2,3)4;1-2/h6,10-11H,7-9H2,1-5H3;1-2H3. The Labute approximate surface area is 155 Å². The molecule has 2 aromatic rings. The average Bonchev–Trinajstić information content (AvgIpc) is 2.89. The largest absolute Gasteiger partial charge is 0.444 e. The summed E-state index contributed by atoms with van der Waals surface area (Å²) in [5.74, 6) is 0. The normalized spacial score (nSPS) is 14.6. The van der Waals surface area contributed by atoms with Crippen LogP contribution in [0.25, 0.3) is 16.5 Å². The van der Waals surface area contributed by atoms with Gasteiger partial charge >= 0.3 is 6.09 Å². The van der Waals surface area contributed by atoms with Gasteiger partial charge in [0.15, 0.2) is 0 Å². The minimum absolute atomic E-state index is 0.261. The van der Waals surface area contributed by atoms with Gasteiger partial charge in [0.25, 0.3) is 0 Å². The molecular weight excluding hydrogens is 328 g/mol. The molecule has 3 rings (SSSR count). The Kier molecular flexibility index (Phi) is 6.05. The van der Waals surface area contributed by atoms with E-state index in [0.29, 0.717) is 13.1 Å². The molecule has 1 amide bonds. The summed E-state index contributed by atoms with van der Waals surface area (Å²) in [5.41, 5.74) is 3.71. The van der Waals surface area contributed by atoms with E-state index in [4.69, 9.17) is 4.74 Å². The summed E-state index contributed by atoms with van der Waals surface area (Å²) in [5, 5.41) is 5.51. The first-order chi connectivity index (χ1) is 12.2. The van der Waals surface area contributed by atoms with Gasteiger partial charge in [0.05, 0.1) is 16.9 Å². The fourth-order valence-corrected chi connectivity index (χ4v) is 2.89. The molecule has 6 nitrogen and oxygen atoms in total. The topological polar surface area (TPSA) is 60.2 Å². The third-order valence-corrected chi connectivity index (χ3v) is 4.11. The number of nitrogens with zero attached hydrogens (tertiary/aromatic N) is 4. The summed E-state index contributed by atoms with van der Waals surface area (Å²) in [4.78, 5) is 18.4. The molecule has 0 bridgehead atoms. The summed E-state index contributed by atoms with van der Waals surface area (Å²) in [6, 6.07) is 2.07. The molecule has 0 aliphatic carbocycles. The van der Waals surface area contributed by atoms with Gasteiger partial charge in [-0.3, -0.25) is 9.67 Å². The van der Waals surface area contributed by atoms with E-state index in [2.05, 4.69) is 22.2 Å². The van der Waals surface area contributed by atoms with Crippen LogP contribution in [0.3, 0.4) is 0 Å². The average molecular weight is 358 g/mol. The zero-order valence-electron chi connectivity index (χ0n) is 17.0. The van der Waals surface area contributed by atoms with Crippen molar-refractivity contribution >= 4 is 22.6 Å². The van der Waals surface area contributed by atoms with Crippen molar-refractivity contribution in [3.05, 3.63) is 29.7 Å². The Morgan fingerprint density at radius 1 is 1.27 bits per heavy atom. The van der Waals surface area contributed by atoms with Crippen LogP contribution < -0.4 is 0 Å². The fraction of sp³-hybridized carbons (Fsp3) is 0.550. The number of aryl methyl sites for hydroxylation is 2. The van der Waals surface area contributed by atoms with Gasteiger partial charge in [-0.1, -0.05) is 19.9 Å². The van der Waals surface area contributed by atoms with Crippen molar-refractivity contribution in [2.75, 3.05) is 13.1 Å². The fourth-order valence-electron chi connectivity index (χ4n) is 2.89. The molecule has 0 unspecified atom stereocenters. The van der Waals surface area contributed by atoms with Gasteiger partial charge in [-0.05, 0) is 45.8 Å². The van der Waals surface area contributed by atoms with E-state index in [1.54, 1.807) is 4.90 Å². The maximum absolute atomic E-state index is 12.1. The third kappa shape index (κ3) is 4.42. The molecule has 6 heteroatoms. The number of amides is 1. The van der Waals surface area contributed by atoms with Crippen molar-refractivity contribution < 1.29 is 9.53 Å². The number of aromatic nitrogens is 3. The Morgan fingerprint density at radius 2 is 1.96 bits per heavy atom. The molecule has 2 aromatic heterocycles. The van der Waals surface area contributed by atoms with E-state index >= 15 is 0 Å². The number of ether oxygens (including phenoxy) is 1. The maximum Gasteiger partial charge on any atom is 0.410 e. The molecule has 0 aromatic carbocycles. The first-order valence-electron chi connectivity index (χ1n) is 9.21. The predicted molar refractivity (Wildman–Crippen MR) is 105 cm³/mol. The van der Waals surface area contributed by atoms with Gasteiger partial charge < -0.3 is 9.64 Å². The zero-order valence-corrected chi connectivity index (χ0v) is 17.0. The SMILES string of the molecule is CC.Cc1nn(C)c2cc(C3=CCN(C(=O)OC(C)(C)C)CC3)ncc12. The number of hydrogen-bond donors (Lipinski definition) is 0. The lowest BCUT2D eigenvalue weighted by Crippen LogP contribution is -2.39. The molecule has 0 saturated heterocycles. The summed E-state index contributed by atoms with van der Waals surface area (Å²) in [6.45, 7) is 12.8. The number of pyridine rings is 1. The molecule has 26 heavy (non-hydrogen) atoms. The highest BCUT2D eigenvalue weighted by Crippen LogP contribution is 2.25. The van der Waals surface area contributed by atoms with Crippen molar-refractivity contribution in [2.45, 2.75) is 53.6 Å². The highest BCUT2D eigenvalue weighted by molar-refractivity contribution is 5.84. The second-order valence-corrected chi connectivity index (χ2v) is 7.20. The van der Waals surface area contributed by atoms with Crippen LogP contribution >= 0.6 is 0 Å². The molecule has 142 valence electrons. The minimum Gasteiger partial charge on any atom is -0.444 e. The highest BCUT2D eigenvalue weighted by atomic mass is 16.6. The van der Waals surface area contributed by atoms with E-state index in [-0.39, 0.29) is 6.09 Å². The van der Waals surface area contributed by atoms with Crippen LogP contribution in [0.4, 0.5) is 4.79 Å². The van der Waals surface area contributed by atoms with Crippen molar-refractivity contribution in [1.29, 1.82) is 0 Å². The summed E-state index contributed by atoms with van der Waals surface area (Å²) < 4.78 is 7.31.